The first kappa shape index (κ1) is 18.7. The largest absolute Gasteiger partial charge is 0.380 e. The number of anilines is 1. The summed E-state index contributed by atoms with van der Waals surface area (Å²) in [7, 11) is 0. The second-order valence-corrected chi connectivity index (χ2v) is 6.89. The summed E-state index contributed by atoms with van der Waals surface area (Å²) in [5.74, 6) is 0.631. The summed E-state index contributed by atoms with van der Waals surface area (Å²) in [4.78, 5) is 16.6. The van der Waals surface area contributed by atoms with E-state index in [1.807, 2.05) is 0 Å². The van der Waals surface area contributed by atoms with Crippen molar-refractivity contribution in [1.29, 1.82) is 0 Å². The molecule has 1 heterocycles. The van der Waals surface area contributed by atoms with Gasteiger partial charge < -0.3 is 15.4 Å². The van der Waals surface area contributed by atoms with Crippen molar-refractivity contribution >= 4 is 29.0 Å². The van der Waals surface area contributed by atoms with Gasteiger partial charge >= 0.3 is 6.03 Å². The number of ether oxygens (including phenoxy) is 1. The molecule has 2 amide bonds. The van der Waals surface area contributed by atoms with E-state index in [0.717, 1.165) is 31.7 Å². The zero-order valence-electron chi connectivity index (χ0n) is 14.3. The number of urea groups is 1. The number of amides is 2. The van der Waals surface area contributed by atoms with Crippen molar-refractivity contribution in [2.24, 2.45) is 16.8 Å². The number of hydrogen-bond donors (Lipinski definition) is 2. The van der Waals surface area contributed by atoms with E-state index < -0.39 is 0 Å². The molecular formula is C18H26ClN3O2. The minimum absolute atomic E-state index is 0.136. The van der Waals surface area contributed by atoms with E-state index in [4.69, 9.17) is 16.3 Å². The predicted molar refractivity (Wildman–Crippen MR) is 99.2 cm³/mol. The first-order valence-electron chi connectivity index (χ1n) is 8.46. The Balaban J connectivity index is 1.83. The summed E-state index contributed by atoms with van der Waals surface area (Å²) in [5, 5.41) is 6.29. The third-order valence-corrected chi connectivity index (χ3v) is 3.97. The third-order valence-electron chi connectivity index (χ3n) is 3.74. The number of nitrogens with one attached hydrogen (secondary N) is 2. The van der Waals surface area contributed by atoms with E-state index in [-0.39, 0.29) is 11.9 Å². The van der Waals surface area contributed by atoms with Gasteiger partial charge in [0.1, 0.15) is 0 Å². The maximum absolute atomic E-state index is 12.1. The topological polar surface area (TPSA) is 62.7 Å². The summed E-state index contributed by atoms with van der Waals surface area (Å²) in [6.07, 6.45) is 2.08. The number of benzene rings is 1. The van der Waals surface area contributed by atoms with Gasteiger partial charge in [-0.3, -0.25) is 4.99 Å². The van der Waals surface area contributed by atoms with E-state index in [0.29, 0.717) is 29.8 Å². The number of rotatable bonds is 8. The normalized spacial score (nSPS) is 15.2. The summed E-state index contributed by atoms with van der Waals surface area (Å²) >= 11 is 5.92. The number of aliphatic imine (C=N–C) groups is 1. The van der Waals surface area contributed by atoms with Crippen LogP contribution in [0.4, 0.5) is 10.5 Å². The van der Waals surface area contributed by atoms with Gasteiger partial charge in [-0.05, 0) is 37.0 Å². The monoisotopic (exact) mass is 351 g/mol. The maximum Gasteiger partial charge on any atom is 0.319 e. The summed E-state index contributed by atoms with van der Waals surface area (Å²) < 4.78 is 5.77. The summed E-state index contributed by atoms with van der Waals surface area (Å²) in [5.41, 5.74) is 1.83. The van der Waals surface area contributed by atoms with E-state index in [1.165, 1.54) is 0 Å². The fourth-order valence-electron chi connectivity index (χ4n) is 2.57. The third kappa shape index (κ3) is 6.49. The zero-order chi connectivity index (χ0) is 17.4. The van der Waals surface area contributed by atoms with Gasteiger partial charge in [-0.1, -0.05) is 31.5 Å². The van der Waals surface area contributed by atoms with Crippen LogP contribution < -0.4 is 10.6 Å². The first-order chi connectivity index (χ1) is 11.5. The summed E-state index contributed by atoms with van der Waals surface area (Å²) in [6, 6.07) is 6.84. The highest BCUT2D eigenvalue weighted by Gasteiger charge is 2.20. The quantitative estimate of drug-likeness (QED) is 0.744. The second-order valence-electron chi connectivity index (χ2n) is 6.45. The molecular weight excluding hydrogens is 326 g/mol. The minimum atomic E-state index is -0.246. The number of carbonyl (C=O) groups is 1. The van der Waals surface area contributed by atoms with Crippen LogP contribution in [0.2, 0.25) is 5.02 Å². The molecule has 1 aliphatic rings. The fraction of sp³-hybridized carbons (Fsp3) is 0.556. The Bertz CT molecular complexity index is 575. The lowest BCUT2D eigenvalue weighted by molar-refractivity contribution is 0.0949. The van der Waals surface area contributed by atoms with Gasteiger partial charge in [0.15, 0.2) is 0 Å². The van der Waals surface area contributed by atoms with Gasteiger partial charge in [0.25, 0.3) is 0 Å². The lowest BCUT2D eigenvalue weighted by Crippen LogP contribution is -2.37. The van der Waals surface area contributed by atoms with Gasteiger partial charge in [-0.2, -0.15) is 0 Å². The van der Waals surface area contributed by atoms with Crippen molar-refractivity contribution in [2.75, 3.05) is 31.6 Å². The van der Waals surface area contributed by atoms with Crippen molar-refractivity contribution in [1.82, 2.24) is 5.32 Å². The molecule has 1 aliphatic heterocycles. The van der Waals surface area contributed by atoms with Gasteiger partial charge in [-0.25, -0.2) is 4.79 Å². The van der Waals surface area contributed by atoms with Crippen molar-refractivity contribution < 1.29 is 9.53 Å². The van der Waals surface area contributed by atoms with E-state index >= 15 is 0 Å². The van der Waals surface area contributed by atoms with Crippen LogP contribution in [-0.2, 0) is 4.74 Å². The lowest BCUT2D eigenvalue weighted by atomic mass is 10.0. The number of hydrogen-bond acceptors (Lipinski definition) is 3. The van der Waals surface area contributed by atoms with E-state index in [9.17, 15) is 4.79 Å². The molecule has 1 aromatic rings. The molecule has 132 valence electrons. The molecule has 2 rings (SSSR count). The Morgan fingerprint density at radius 1 is 1.38 bits per heavy atom. The zero-order valence-corrected chi connectivity index (χ0v) is 15.1. The van der Waals surface area contributed by atoms with Gasteiger partial charge in [0.05, 0.1) is 6.61 Å². The number of nitrogens with zero attached hydrogens (tertiary/aromatic N) is 1. The molecule has 0 bridgehead atoms. The molecule has 1 unspecified atom stereocenters. The molecule has 5 nitrogen and oxygen atoms in total. The Morgan fingerprint density at radius 2 is 2.21 bits per heavy atom. The first-order valence-corrected chi connectivity index (χ1v) is 8.83. The number of halogens is 1. The van der Waals surface area contributed by atoms with Crippen LogP contribution in [0.1, 0.15) is 26.7 Å². The van der Waals surface area contributed by atoms with Crippen molar-refractivity contribution in [3.63, 3.8) is 0 Å². The highest BCUT2D eigenvalue weighted by molar-refractivity contribution is 6.30. The van der Waals surface area contributed by atoms with Crippen molar-refractivity contribution in [2.45, 2.75) is 26.7 Å². The Morgan fingerprint density at radius 3 is 2.88 bits per heavy atom. The molecule has 0 aromatic heterocycles. The van der Waals surface area contributed by atoms with Crippen LogP contribution >= 0.6 is 11.6 Å². The fourth-order valence-corrected chi connectivity index (χ4v) is 2.76. The average Bonchev–Trinajstić information content (AvgIpc) is 3.04. The van der Waals surface area contributed by atoms with Crippen LogP contribution in [0, 0.1) is 11.8 Å². The molecule has 6 heteroatoms. The average molecular weight is 352 g/mol. The highest BCUT2D eigenvalue weighted by Crippen LogP contribution is 2.15. The SMILES string of the molecule is CC(C)COCC(CNC(=O)Nc1cccc(Cl)c1)C1=NCCC1. The van der Waals surface area contributed by atoms with Gasteiger partial charge in [0, 0.05) is 42.0 Å². The molecule has 0 aliphatic carbocycles. The molecule has 2 N–H and O–H groups in total. The second kappa shape index (κ2) is 9.64. The Kier molecular flexibility index (Phi) is 7.53. The highest BCUT2D eigenvalue weighted by atomic mass is 35.5. The predicted octanol–water partition coefficient (Wildman–Crippen LogP) is 3.99. The van der Waals surface area contributed by atoms with Crippen LogP contribution in [0.5, 0.6) is 0 Å². The molecule has 0 spiro atoms. The van der Waals surface area contributed by atoms with Gasteiger partial charge in [0.2, 0.25) is 0 Å². The summed E-state index contributed by atoms with van der Waals surface area (Å²) in [6.45, 7) is 6.96. The smallest absolute Gasteiger partial charge is 0.319 e. The molecule has 0 fully saturated rings. The molecule has 0 radical (unpaired) electrons. The lowest BCUT2D eigenvalue weighted by Gasteiger charge is -2.19. The van der Waals surface area contributed by atoms with E-state index in [2.05, 4.69) is 29.5 Å². The van der Waals surface area contributed by atoms with E-state index in [1.54, 1.807) is 24.3 Å². The van der Waals surface area contributed by atoms with Crippen LogP contribution in [0.25, 0.3) is 0 Å². The molecule has 1 atom stereocenters. The van der Waals surface area contributed by atoms with Crippen LogP contribution in [0.15, 0.2) is 29.3 Å². The Hall–Kier alpha value is -1.59. The molecule has 0 saturated carbocycles. The molecule has 0 saturated heterocycles. The Labute approximate surface area is 148 Å². The molecule has 1 aromatic carbocycles. The van der Waals surface area contributed by atoms with Crippen molar-refractivity contribution in [3.05, 3.63) is 29.3 Å². The minimum Gasteiger partial charge on any atom is -0.380 e. The molecule has 24 heavy (non-hydrogen) atoms. The maximum atomic E-state index is 12.1. The van der Waals surface area contributed by atoms with Crippen LogP contribution in [-0.4, -0.2) is 38.0 Å². The standard InChI is InChI=1S/C18H26ClN3O2/c1-13(2)11-24-12-14(17-7-4-8-20-17)10-21-18(23)22-16-6-3-5-15(19)9-16/h3,5-6,9,13-14H,4,7-8,10-12H2,1-2H3,(H2,21,22,23). The van der Waals surface area contributed by atoms with Crippen molar-refractivity contribution in [3.8, 4) is 0 Å². The van der Waals surface area contributed by atoms with Gasteiger partial charge in [-0.15, -0.1) is 0 Å². The number of carbonyl (C=O) groups excluding carboxylic acids is 1. The van der Waals surface area contributed by atoms with Crippen LogP contribution in [0.3, 0.4) is 0 Å².